The molecule has 0 aliphatic carbocycles. The third-order valence-electron chi connectivity index (χ3n) is 5.73. The van der Waals surface area contributed by atoms with Crippen LogP contribution in [-0.2, 0) is 25.6 Å². The fourth-order valence-corrected chi connectivity index (χ4v) is 3.94. The molecule has 1 aromatic carbocycles. The number of aromatic amines is 1. The molecule has 7 N–H and O–H groups in total. The van der Waals surface area contributed by atoms with Crippen LogP contribution in [0.2, 0.25) is 0 Å². The number of para-hydroxylation sites is 1. The van der Waals surface area contributed by atoms with Crippen LogP contribution in [0.1, 0.15) is 32.8 Å². The monoisotopic (exact) mass is 505 g/mol. The lowest BCUT2D eigenvalue weighted by atomic mass is 10.0. The fourth-order valence-electron chi connectivity index (χ4n) is 3.47. The van der Waals surface area contributed by atoms with E-state index in [1.807, 2.05) is 44.4 Å². The highest BCUT2D eigenvalue weighted by atomic mass is 32.2. The molecule has 192 valence electrons. The topological polar surface area (TPSA) is 166 Å². The molecule has 0 aliphatic rings. The van der Waals surface area contributed by atoms with Crippen molar-refractivity contribution < 1.29 is 24.3 Å². The smallest absolute Gasteiger partial charge is 0.326 e. The number of carbonyl (C=O) groups is 4. The zero-order valence-electron chi connectivity index (χ0n) is 20.5. The maximum absolute atomic E-state index is 12.8. The Kier molecular flexibility index (Phi) is 10.6. The first-order valence-electron chi connectivity index (χ1n) is 11.5. The van der Waals surface area contributed by atoms with Crippen LogP contribution < -0.4 is 21.7 Å². The highest BCUT2D eigenvalue weighted by molar-refractivity contribution is 7.98. The lowest BCUT2D eigenvalue weighted by molar-refractivity contribution is -0.142. The van der Waals surface area contributed by atoms with Crippen molar-refractivity contribution in [1.82, 2.24) is 20.9 Å². The number of thioether (sulfide) groups is 1. The summed E-state index contributed by atoms with van der Waals surface area (Å²) in [5, 5.41) is 18.3. The molecule has 4 unspecified atom stereocenters. The molecule has 0 saturated carbocycles. The maximum atomic E-state index is 12.8. The first-order chi connectivity index (χ1) is 16.5. The molecule has 4 atom stereocenters. The van der Waals surface area contributed by atoms with Gasteiger partial charge >= 0.3 is 5.97 Å². The predicted molar refractivity (Wildman–Crippen MR) is 137 cm³/mol. The van der Waals surface area contributed by atoms with Crippen molar-refractivity contribution in [2.45, 2.75) is 57.8 Å². The lowest BCUT2D eigenvalue weighted by Gasteiger charge is -2.24. The summed E-state index contributed by atoms with van der Waals surface area (Å²) in [7, 11) is 0. The summed E-state index contributed by atoms with van der Waals surface area (Å²) in [5.41, 5.74) is 7.51. The number of carboxylic acids is 1. The van der Waals surface area contributed by atoms with E-state index in [-0.39, 0.29) is 12.3 Å². The maximum Gasteiger partial charge on any atom is 0.326 e. The lowest BCUT2D eigenvalue weighted by Crippen LogP contribution is -2.57. The van der Waals surface area contributed by atoms with Gasteiger partial charge in [-0.1, -0.05) is 32.0 Å². The number of hydrogen-bond donors (Lipinski definition) is 6. The summed E-state index contributed by atoms with van der Waals surface area (Å²) in [6.45, 7) is 5.08. The Balaban J connectivity index is 2.03. The van der Waals surface area contributed by atoms with E-state index in [9.17, 15) is 24.3 Å². The van der Waals surface area contributed by atoms with Crippen LogP contribution in [0.5, 0.6) is 0 Å². The molecule has 0 fully saturated rings. The van der Waals surface area contributed by atoms with Crippen LogP contribution in [0.25, 0.3) is 10.9 Å². The first kappa shape index (κ1) is 28.2. The van der Waals surface area contributed by atoms with Crippen LogP contribution in [0.4, 0.5) is 0 Å². The largest absolute Gasteiger partial charge is 0.480 e. The van der Waals surface area contributed by atoms with E-state index in [1.54, 1.807) is 6.20 Å². The van der Waals surface area contributed by atoms with E-state index in [1.165, 1.54) is 18.7 Å². The minimum Gasteiger partial charge on any atom is -0.480 e. The van der Waals surface area contributed by atoms with Gasteiger partial charge in [0.2, 0.25) is 17.7 Å². The van der Waals surface area contributed by atoms with Crippen molar-refractivity contribution in [2.24, 2.45) is 11.7 Å². The third kappa shape index (κ3) is 8.00. The number of nitrogens with two attached hydrogens (primary N) is 1. The Bertz CT molecular complexity index is 1040. The van der Waals surface area contributed by atoms with E-state index in [2.05, 4.69) is 20.9 Å². The molecular weight excluding hydrogens is 470 g/mol. The second kappa shape index (κ2) is 13.1. The molecule has 1 heterocycles. The van der Waals surface area contributed by atoms with E-state index in [0.717, 1.165) is 16.5 Å². The van der Waals surface area contributed by atoms with Gasteiger partial charge in [-0.15, -0.1) is 0 Å². The number of carboxylic acid groups (broad SMARTS) is 1. The Morgan fingerprint density at radius 2 is 1.66 bits per heavy atom. The van der Waals surface area contributed by atoms with Gasteiger partial charge in [0.1, 0.15) is 18.1 Å². The molecule has 3 amide bonds. The number of rotatable bonds is 13. The second-order valence-corrected chi connectivity index (χ2v) is 9.79. The second-order valence-electron chi connectivity index (χ2n) is 8.81. The van der Waals surface area contributed by atoms with Gasteiger partial charge in [-0.25, -0.2) is 4.79 Å². The molecule has 0 radical (unpaired) electrons. The van der Waals surface area contributed by atoms with Crippen molar-refractivity contribution in [2.75, 3.05) is 12.0 Å². The van der Waals surface area contributed by atoms with Gasteiger partial charge in [0.15, 0.2) is 0 Å². The fraction of sp³-hybridized carbons (Fsp3) is 0.500. The minimum absolute atomic E-state index is 0.0747. The van der Waals surface area contributed by atoms with Gasteiger partial charge < -0.3 is 31.8 Å². The van der Waals surface area contributed by atoms with Crippen LogP contribution in [-0.4, -0.2) is 70.0 Å². The molecule has 11 heteroatoms. The van der Waals surface area contributed by atoms with Crippen molar-refractivity contribution >= 4 is 46.4 Å². The summed E-state index contributed by atoms with van der Waals surface area (Å²) in [6.07, 6.45) is 4.03. The molecule has 0 aliphatic heterocycles. The quantitative estimate of drug-likeness (QED) is 0.236. The van der Waals surface area contributed by atoms with Crippen LogP contribution >= 0.6 is 11.8 Å². The zero-order valence-corrected chi connectivity index (χ0v) is 21.3. The Labute approximate surface area is 209 Å². The number of benzene rings is 1. The average Bonchev–Trinajstić information content (AvgIpc) is 3.23. The number of aromatic nitrogens is 1. The van der Waals surface area contributed by atoms with Gasteiger partial charge in [-0.05, 0) is 42.9 Å². The molecule has 0 bridgehead atoms. The van der Waals surface area contributed by atoms with Gasteiger partial charge in [0.25, 0.3) is 0 Å². The number of fused-ring (bicyclic) bond motifs is 1. The van der Waals surface area contributed by atoms with Gasteiger partial charge in [0.05, 0.1) is 6.04 Å². The highest BCUT2D eigenvalue weighted by Gasteiger charge is 2.29. The van der Waals surface area contributed by atoms with Crippen LogP contribution in [0.15, 0.2) is 30.5 Å². The predicted octanol–water partition coefficient (Wildman–Crippen LogP) is 1.01. The molecule has 2 rings (SSSR count). The summed E-state index contributed by atoms with van der Waals surface area (Å²) >= 11 is 1.52. The normalized spacial score (nSPS) is 14.7. The number of amides is 3. The molecule has 1 aromatic heterocycles. The average molecular weight is 506 g/mol. The summed E-state index contributed by atoms with van der Waals surface area (Å²) in [4.78, 5) is 52.9. The molecule has 0 saturated heterocycles. The minimum atomic E-state index is -1.19. The highest BCUT2D eigenvalue weighted by Crippen LogP contribution is 2.19. The standard InChI is InChI=1S/C24H35N5O5S/c1-13(2)20(25)23(32)28-18(9-10-35-4)22(31)27-14(3)21(30)29-19(24(33)34)11-15-12-26-17-8-6-5-7-16(15)17/h5-8,12-14,18-20,26H,9-11,25H2,1-4H3,(H,27,31)(H,28,32)(H,29,30)(H,33,34). The Morgan fingerprint density at radius 1 is 1.00 bits per heavy atom. The van der Waals surface area contributed by atoms with E-state index >= 15 is 0 Å². The zero-order chi connectivity index (χ0) is 26.1. The third-order valence-corrected chi connectivity index (χ3v) is 6.37. The molecule has 2 aromatic rings. The SMILES string of the molecule is CSCCC(NC(=O)C(N)C(C)C)C(=O)NC(C)C(=O)NC(Cc1c[nH]c2ccccc12)C(=O)O. The van der Waals surface area contributed by atoms with Crippen LogP contribution in [0.3, 0.4) is 0 Å². The van der Waals surface area contributed by atoms with Crippen molar-refractivity contribution in [3.63, 3.8) is 0 Å². The van der Waals surface area contributed by atoms with Crippen molar-refractivity contribution in [3.8, 4) is 0 Å². The number of H-pyrrole nitrogens is 1. The van der Waals surface area contributed by atoms with Gasteiger partial charge in [0, 0.05) is 23.5 Å². The van der Waals surface area contributed by atoms with Gasteiger partial charge in [-0.3, -0.25) is 14.4 Å². The Morgan fingerprint density at radius 3 is 2.29 bits per heavy atom. The van der Waals surface area contributed by atoms with E-state index < -0.39 is 47.9 Å². The summed E-state index contributed by atoms with van der Waals surface area (Å²) < 4.78 is 0. The molecule has 10 nitrogen and oxygen atoms in total. The summed E-state index contributed by atoms with van der Waals surface area (Å²) in [6, 6.07) is 3.65. The summed E-state index contributed by atoms with van der Waals surface area (Å²) in [5.74, 6) is -2.29. The van der Waals surface area contributed by atoms with Crippen molar-refractivity contribution in [1.29, 1.82) is 0 Å². The molecule has 35 heavy (non-hydrogen) atoms. The van der Waals surface area contributed by atoms with E-state index in [4.69, 9.17) is 5.73 Å². The van der Waals surface area contributed by atoms with Crippen LogP contribution in [0, 0.1) is 5.92 Å². The van der Waals surface area contributed by atoms with Gasteiger partial charge in [-0.2, -0.15) is 11.8 Å². The first-order valence-corrected chi connectivity index (χ1v) is 12.9. The van der Waals surface area contributed by atoms with E-state index in [0.29, 0.717) is 12.2 Å². The van der Waals surface area contributed by atoms with Crippen molar-refractivity contribution in [3.05, 3.63) is 36.0 Å². The molecular formula is C24H35N5O5S. The Hall–Kier alpha value is -3.05. The number of aliphatic carboxylic acids is 1. The number of carbonyl (C=O) groups excluding carboxylic acids is 3. The molecule has 0 spiro atoms. The number of nitrogens with one attached hydrogen (secondary N) is 4. The number of hydrogen-bond acceptors (Lipinski definition) is 6.